The third-order valence-corrected chi connectivity index (χ3v) is 3.59. The molecule has 0 radical (unpaired) electrons. The maximum absolute atomic E-state index is 12.3. The Morgan fingerprint density at radius 3 is 2.21 bits per heavy atom. The predicted molar refractivity (Wildman–Crippen MR) is 99.6 cm³/mol. The van der Waals surface area contributed by atoms with Gasteiger partial charge in [-0.05, 0) is 24.1 Å². The van der Waals surface area contributed by atoms with Gasteiger partial charge < -0.3 is 15.4 Å². The van der Waals surface area contributed by atoms with Gasteiger partial charge in [0.05, 0.1) is 13.0 Å². The van der Waals surface area contributed by atoms with Crippen molar-refractivity contribution in [1.82, 2.24) is 4.90 Å². The topological polar surface area (TPSA) is 55.6 Å². The second-order valence-corrected chi connectivity index (χ2v) is 5.32. The zero-order valence-electron chi connectivity index (χ0n) is 13.8. The fraction of sp³-hybridized carbons (Fsp3) is 0.316. The third kappa shape index (κ3) is 7.02. The van der Waals surface area contributed by atoms with Crippen LogP contribution in [0, 0.1) is 0 Å². The molecule has 0 heterocycles. The van der Waals surface area contributed by atoms with Gasteiger partial charge in [0.1, 0.15) is 5.75 Å². The van der Waals surface area contributed by atoms with Gasteiger partial charge in [-0.2, -0.15) is 0 Å². The van der Waals surface area contributed by atoms with Crippen LogP contribution in [0.1, 0.15) is 12.0 Å². The molecule has 4 nitrogen and oxygen atoms in total. The van der Waals surface area contributed by atoms with Crippen molar-refractivity contribution in [3.63, 3.8) is 0 Å². The lowest BCUT2D eigenvalue weighted by Gasteiger charge is -2.22. The third-order valence-electron chi connectivity index (χ3n) is 3.59. The van der Waals surface area contributed by atoms with Crippen molar-refractivity contribution < 1.29 is 9.53 Å². The van der Waals surface area contributed by atoms with Crippen LogP contribution in [0.3, 0.4) is 0 Å². The highest BCUT2D eigenvalue weighted by Gasteiger charge is 2.12. The van der Waals surface area contributed by atoms with E-state index in [-0.39, 0.29) is 18.3 Å². The number of benzene rings is 2. The molecule has 0 aliphatic rings. The van der Waals surface area contributed by atoms with E-state index < -0.39 is 0 Å². The summed E-state index contributed by atoms with van der Waals surface area (Å²) in [5, 5.41) is 0. The maximum Gasteiger partial charge on any atom is 0.226 e. The zero-order chi connectivity index (χ0) is 16.3. The summed E-state index contributed by atoms with van der Waals surface area (Å²) in [5.74, 6) is 0.872. The highest BCUT2D eigenvalue weighted by atomic mass is 35.5. The van der Waals surface area contributed by atoms with Gasteiger partial charge in [-0.25, -0.2) is 0 Å². The zero-order valence-corrected chi connectivity index (χ0v) is 14.6. The Hall–Kier alpha value is -2.04. The molecular weight excluding hydrogens is 324 g/mol. The van der Waals surface area contributed by atoms with E-state index in [4.69, 9.17) is 10.5 Å². The molecule has 2 aromatic rings. The number of amides is 1. The molecule has 0 aromatic heterocycles. The average molecular weight is 349 g/mol. The smallest absolute Gasteiger partial charge is 0.226 e. The number of ether oxygens (including phenoxy) is 1. The van der Waals surface area contributed by atoms with Crippen LogP contribution in [0.5, 0.6) is 5.75 Å². The first-order valence-corrected chi connectivity index (χ1v) is 7.99. The number of carbonyl (C=O) groups is 1. The molecule has 0 aliphatic carbocycles. The van der Waals surface area contributed by atoms with Crippen molar-refractivity contribution in [3.8, 4) is 5.75 Å². The lowest BCUT2D eigenvalue weighted by molar-refractivity contribution is -0.131. The predicted octanol–water partition coefficient (Wildman–Crippen LogP) is 2.91. The van der Waals surface area contributed by atoms with Gasteiger partial charge in [0.25, 0.3) is 0 Å². The number of rotatable bonds is 9. The molecule has 0 unspecified atom stereocenters. The minimum atomic E-state index is 0. The van der Waals surface area contributed by atoms with E-state index in [1.807, 2.05) is 53.4 Å². The molecule has 0 bridgehead atoms. The molecule has 0 saturated heterocycles. The Morgan fingerprint density at radius 2 is 1.58 bits per heavy atom. The van der Waals surface area contributed by atoms with Crippen LogP contribution in [-0.2, 0) is 11.2 Å². The second kappa shape index (κ2) is 11.5. The molecule has 2 aromatic carbocycles. The number of carbonyl (C=O) groups excluding carboxylic acids is 1. The van der Waals surface area contributed by atoms with Gasteiger partial charge in [0, 0.05) is 19.6 Å². The summed E-state index contributed by atoms with van der Waals surface area (Å²) >= 11 is 0. The van der Waals surface area contributed by atoms with Crippen LogP contribution in [0.4, 0.5) is 0 Å². The fourth-order valence-electron chi connectivity index (χ4n) is 2.36. The minimum Gasteiger partial charge on any atom is -0.493 e. The van der Waals surface area contributed by atoms with Crippen LogP contribution in [-0.4, -0.2) is 37.0 Å². The Bertz CT molecular complexity index is 578. The van der Waals surface area contributed by atoms with Crippen molar-refractivity contribution in [1.29, 1.82) is 0 Å². The lowest BCUT2D eigenvalue weighted by Crippen LogP contribution is -2.37. The molecule has 130 valence electrons. The van der Waals surface area contributed by atoms with E-state index in [9.17, 15) is 4.79 Å². The van der Waals surface area contributed by atoms with Crippen LogP contribution >= 0.6 is 12.4 Å². The molecule has 0 saturated carbocycles. The van der Waals surface area contributed by atoms with E-state index in [1.165, 1.54) is 5.56 Å². The molecule has 0 spiro atoms. The first-order valence-electron chi connectivity index (χ1n) is 7.99. The largest absolute Gasteiger partial charge is 0.493 e. The summed E-state index contributed by atoms with van der Waals surface area (Å²) in [7, 11) is 0. The normalized spacial score (nSPS) is 9.88. The highest BCUT2D eigenvalue weighted by molar-refractivity contribution is 5.85. The molecule has 2 N–H and O–H groups in total. The Morgan fingerprint density at radius 1 is 0.958 bits per heavy atom. The number of halogens is 1. The van der Waals surface area contributed by atoms with Crippen LogP contribution in [0.25, 0.3) is 0 Å². The van der Waals surface area contributed by atoms with Gasteiger partial charge in [-0.3, -0.25) is 4.79 Å². The van der Waals surface area contributed by atoms with Crippen molar-refractivity contribution in [3.05, 3.63) is 66.2 Å². The number of nitrogens with zero attached hydrogens (tertiary/aromatic N) is 1. The van der Waals surface area contributed by atoms with Gasteiger partial charge >= 0.3 is 0 Å². The van der Waals surface area contributed by atoms with Crippen LogP contribution < -0.4 is 10.5 Å². The summed E-state index contributed by atoms with van der Waals surface area (Å²) in [6.07, 6.45) is 1.20. The molecule has 1 amide bonds. The van der Waals surface area contributed by atoms with Crippen LogP contribution in [0.15, 0.2) is 60.7 Å². The summed E-state index contributed by atoms with van der Waals surface area (Å²) in [5.41, 5.74) is 6.86. The summed E-state index contributed by atoms with van der Waals surface area (Å²) in [4.78, 5) is 14.2. The SMILES string of the molecule is Cl.NCCN(CCc1ccccc1)C(=O)CCOc1ccccc1. The molecular formula is C19H25ClN2O2. The number of hydrogen-bond acceptors (Lipinski definition) is 3. The van der Waals surface area contributed by atoms with E-state index in [0.717, 1.165) is 12.2 Å². The van der Waals surface area contributed by atoms with Gasteiger partial charge in [0.2, 0.25) is 5.91 Å². The number of para-hydroxylation sites is 1. The lowest BCUT2D eigenvalue weighted by atomic mass is 10.1. The van der Waals surface area contributed by atoms with Crippen molar-refractivity contribution in [2.45, 2.75) is 12.8 Å². The van der Waals surface area contributed by atoms with E-state index in [1.54, 1.807) is 0 Å². The van der Waals surface area contributed by atoms with E-state index in [0.29, 0.717) is 32.7 Å². The van der Waals surface area contributed by atoms with Gasteiger partial charge in [-0.1, -0.05) is 48.5 Å². The summed E-state index contributed by atoms with van der Waals surface area (Å²) in [6.45, 7) is 2.12. The van der Waals surface area contributed by atoms with E-state index >= 15 is 0 Å². The summed E-state index contributed by atoms with van der Waals surface area (Å²) < 4.78 is 5.59. The Balaban J connectivity index is 0.00000288. The van der Waals surface area contributed by atoms with Crippen LogP contribution in [0.2, 0.25) is 0 Å². The molecule has 2 rings (SSSR count). The first kappa shape index (κ1) is 20.0. The summed E-state index contributed by atoms with van der Waals surface area (Å²) in [6, 6.07) is 19.7. The van der Waals surface area contributed by atoms with E-state index in [2.05, 4.69) is 12.1 Å². The average Bonchev–Trinajstić information content (AvgIpc) is 2.60. The first-order chi connectivity index (χ1) is 11.3. The van der Waals surface area contributed by atoms with Crippen molar-refractivity contribution >= 4 is 18.3 Å². The standard InChI is InChI=1S/C19H24N2O2.ClH/c20-13-15-21(14-11-17-7-3-1-4-8-17)19(22)12-16-23-18-9-5-2-6-10-18;/h1-10H,11-16,20H2;1H. The quantitative estimate of drug-likeness (QED) is 0.758. The maximum atomic E-state index is 12.3. The molecule has 24 heavy (non-hydrogen) atoms. The Labute approximate surface area is 150 Å². The monoisotopic (exact) mass is 348 g/mol. The van der Waals surface area contributed by atoms with Crippen molar-refractivity contribution in [2.24, 2.45) is 5.73 Å². The minimum absolute atomic E-state index is 0. The van der Waals surface area contributed by atoms with Gasteiger partial charge in [-0.15, -0.1) is 12.4 Å². The highest BCUT2D eigenvalue weighted by Crippen LogP contribution is 2.09. The number of nitrogens with two attached hydrogens (primary N) is 1. The Kier molecular flexibility index (Phi) is 9.58. The molecule has 5 heteroatoms. The molecule has 0 aliphatic heterocycles. The molecule has 0 atom stereocenters. The second-order valence-electron chi connectivity index (χ2n) is 5.32. The molecule has 0 fully saturated rings. The number of hydrogen-bond donors (Lipinski definition) is 1. The fourth-order valence-corrected chi connectivity index (χ4v) is 2.36. The van der Waals surface area contributed by atoms with Gasteiger partial charge in [0.15, 0.2) is 0 Å². The van der Waals surface area contributed by atoms with Crippen molar-refractivity contribution in [2.75, 3.05) is 26.2 Å².